The van der Waals surface area contributed by atoms with Gasteiger partial charge >= 0.3 is 0 Å². The zero-order valence-electron chi connectivity index (χ0n) is 10.6. The molecule has 2 heteroatoms. The van der Waals surface area contributed by atoms with Gasteiger partial charge in [-0.05, 0) is 17.4 Å². The van der Waals surface area contributed by atoms with Crippen LogP contribution >= 0.6 is 6.04 Å². The molecule has 94 valence electrons. The molecule has 0 amide bonds. The van der Waals surface area contributed by atoms with Crippen LogP contribution in [0.3, 0.4) is 0 Å². The summed E-state index contributed by atoms with van der Waals surface area (Å²) in [6.07, 6.45) is 2.65. The van der Waals surface area contributed by atoms with Crippen LogP contribution in [0.1, 0.15) is 5.56 Å². The molecule has 0 aliphatic carbocycles. The summed E-state index contributed by atoms with van der Waals surface area (Å²) in [6, 6.07) is 18.3. The minimum absolute atomic E-state index is 0.770. The van der Waals surface area contributed by atoms with Crippen LogP contribution in [0.4, 0.5) is 0 Å². The number of rotatable bonds is 3. The fourth-order valence-corrected chi connectivity index (χ4v) is 4.32. The Bertz CT molecular complexity index is 648. The molecule has 0 saturated carbocycles. The average molecular weight is 282 g/mol. The van der Waals surface area contributed by atoms with Gasteiger partial charge in [-0.1, -0.05) is 78.0 Å². The van der Waals surface area contributed by atoms with Crippen molar-refractivity contribution in [1.29, 1.82) is 0 Å². The zero-order valence-corrected chi connectivity index (χ0v) is 12.3. The first kappa shape index (κ1) is 13.8. The highest BCUT2D eigenvalue weighted by Gasteiger charge is 2.14. The lowest BCUT2D eigenvalue weighted by molar-refractivity contribution is 1.65. The van der Waals surface area contributed by atoms with Crippen molar-refractivity contribution in [3.05, 3.63) is 78.9 Å². The second-order valence-corrected chi connectivity index (χ2v) is 8.60. The van der Waals surface area contributed by atoms with Crippen molar-refractivity contribution < 1.29 is 0 Å². The fourth-order valence-electron chi connectivity index (χ4n) is 1.74. The molecule has 0 bridgehead atoms. The van der Waals surface area contributed by atoms with Gasteiger partial charge in [0.05, 0.1) is 6.04 Å². The van der Waals surface area contributed by atoms with Crippen molar-refractivity contribution in [2.45, 2.75) is 0 Å². The van der Waals surface area contributed by atoms with Crippen LogP contribution in [0.2, 0.25) is 0 Å². The maximum Gasteiger partial charge on any atom is 0.0546 e. The first-order chi connectivity index (χ1) is 9.24. The van der Waals surface area contributed by atoms with Gasteiger partial charge in [-0.2, -0.15) is 0 Å². The van der Waals surface area contributed by atoms with E-state index < -0.39 is 6.04 Å². The molecule has 0 saturated heterocycles. The lowest BCUT2D eigenvalue weighted by Gasteiger charge is -2.13. The van der Waals surface area contributed by atoms with E-state index in [0.717, 1.165) is 17.0 Å². The summed E-state index contributed by atoms with van der Waals surface area (Å²) in [6.45, 7) is 3.82. The van der Waals surface area contributed by atoms with Gasteiger partial charge < -0.3 is 0 Å². The van der Waals surface area contributed by atoms with Crippen LogP contribution in [-0.2, 0) is 11.8 Å². The number of hydrogen-bond acceptors (Lipinski definition) is 1. The minimum atomic E-state index is -1.88. The van der Waals surface area contributed by atoms with Gasteiger partial charge in [0.1, 0.15) is 0 Å². The van der Waals surface area contributed by atoms with Gasteiger partial charge in [0, 0.05) is 11.7 Å². The number of hydrogen-bond donors (Lipinski definition) is 0. The van der Waals surface area contributed by atoms with E-state index in [1.807, 2.05) is 54.6 Å². The topological polar surface area (TPSA) is 0 Å². The highest BCUT2D eigenvalue weighted by molar-refractivity contribution is 8.20. The third kappa shape index (κ3) is 3.67. The van der Waals surface area contributed by atoms with Gasteiger partial charge in [0.2, 0.25) is 0 Å². The lowest BCUT2D eigenvalue weighted by Crippen LogP contribution is -2.04. The summed E-state index contributed by atoms with van der Waals surface area (Å²) in [7, 11) is 0. The number of benzene rings is 2. The van der Waals surface area contributed by atoms with Crippen molar-refractivity contribution in [3.8, 4) is 11.6 Å². The van der Waals surface area contributed by atoms with Crippen molar-refractivity contribution in [2.24, 2.45) is 0 Å². The second kappa shape index (κ2) is 6.53. The fraction of sp³-hybridized carbons (Fsp3) is 0.0588. The molecule has 0 heterocycles. The van der Waals surface area contributed by atoms with Gasteiger partial charge in [-0.15, -0.1) is 6.58 Å². The van der Waals surface area contributed by atoms with E-state index in [1.165, 1.54) is 0 Å². The third-order valence-electron chi connectivity index (χ3n) is 2.71. The van der Waals surface area contributed by atoms with Gasteiger partial charge in [-0.25, -0.2) is 0 Å². The molecule has 0 aliphatic rings. The van der Waals surface area contributed by atoms with Crippen LogP contribution in [0.15, 0.2) is 73.3 Å². The highest BCUT2D eigenvalue weighted by Crippen LogP contribution is 2.43. The van der Waals surface area contributed by atoms with E-state index in [4.69, 9.17) is 11.8 Å². The molecule has 0 spiro atoms. The summed E-state index contributed by atoms with van der Waals surface area (Å²) in [5.74, 6) is 3.22. The SMILES string of the molecule is C=CCP(=S)(C#Cc1ccccc1)c1ccccc1. The Kier molecular flexibility index (Phi) is 4.74. The molecule has 2 aromatic carbocycles. The Balaban J connectivity index is 2.40. The third-order valence-corrected chi connectivity index (χ3v) is 6.45. The Labute approximate surface area is 120 Å². The van der Waals surface area contributed by atoms with Crippen molar-refractivity contribution in [3.63, 3.8) is 0 Å². The summed E-state index contributed by atoms with van der Waals surface area (Å²) in [5, 5.41) is 1.16. The van der Waals surface area contributed by atoms with Gasteiger partial charge in [0.15, 0.2) is 0 Å². The molecule has 2 aromatic rings. The Morgan fingerprint density at radius 2 is 1.58 bits per heavy atom. The smallest absolute Gasteiger partial charge is 0.0546 e. The van der Waals surface area contributed by atoms with E-state index in [1.54, 1.807) is 0 Å². The molecule has 0 aromatic heterocycles. The van der Waals surface area contributed by atoms with Crippen LogP contribution in [0.5, 0.6) is 0 Å². The Morgan fingerprint density at radius 1 is 1.00 bits per heavy atom. The largest absolute Gasteiger partial charge is 0.103 e. The molecule has 0 aliphatic heterocycles. The molecule has 0 N–H and O–H groups in total. The van der Waals surface area contributed by atoms with Crippen molar-refractivity contribution in [2.75, 3.05) is 6.16 Å². The minimum Gasteiger partial charge on any atom is -0.103 e. The quantitative estimate of drug-likeness (QED) is 0.466. The molecule has 1 unspecified atom stereocenters. The number of allylic oxidation sites excluding steroid dienone is 1. The Morgan fingerprint density at radius 3 is 2.16 bits per heavy atom. The summed E-state index contributed by atoms with van der Waals surface area (Å²) >= 11 is 5.83. The van der Waals surface area contributed by atoms with E-state index in [2.05, 4.69) is 30.3 Å². The maximum atomic E-state index is 5.83. The molecule has 1 atom stereocenters. The van der Waals surface area contributed by atoms with Crippen LogP contribution in [0, 0.1) is 11.6 Å². The molecular weight excluding hydrogens is 267 g/mol. The standard InChI is InChI=1S/C17H15PS/c1-2-14-18(19,17-11-7-4-8-12-17)15-13-16-9-5-3-6-10-16/h2-12H,1,14H2. The Hall–Kier alpha value is -1.61. The first-order valence-electron chi connectivity index (χ1n) is 6.08. The van der Waals surface area contributed by atoms with Crippen molar-refractivity contribution in [1.82, 2.24) is 0 Å². The van der Waals surface area contributed by atoms with E-state index >= 15 is 0 Å². The normalized spacial score (nSPS) is 12.8. The van der Waals surface area contributed by atoms with Gasteiger partial charge in [-0.3, -0.25) is 0 Å². The molecule has 19 heavy (non-hydrogen) atoms. The predicted octanol–water partition coefficient (Wildman–Crippen LogP) is 3.99. The zero-order chi connectivity index (χ0) is 13.6. The van der Waals surface area contributed by atoms with Crippen LogP contribution in [0.25, 0.3) is 0 Å². The molecule has 0 fully saturated rings. The second-order valence-electron chi connectivity index (χ2n) is 4.15. The van der Waals surface area contributed by atoms with E-state index in [9.17, 15) is 0 Å². The average Bonchev–Trinajstić information content (AvgIpc) is 2.48. The van der Waals surface area contributed by atoms with Crippen LogP contribution < -0.4 is 5.30 Å². The van der Waals surface area contributed by atoms with Crippen molar-refractivity contribution >= 4 is 23.1 Å². The summed E-state index contributed by atoms with van der Waals surface area (Å²) in [5.41, 5.74) is 4.35. The van der Waals surface area contributed by atoms with Crippen LogP contribution in [-0.4, -0.2) is 6.16 Å². The van der Waals surface area contributed by atoms with E-state index in [0.29, 0.717) is 0 Å². The van der Waals surface area contributed by atoms with E-state index in [-0.39, 0.29) is 0 Å². The molecule has 0 radical (unpaired) electrons. The summed E-state index contributed by atoms with van der Waals surface area (Å²) in [4.78, 5) is 0. The highest BCUT2D eigenvalue weighted by atomic mass is 32.4. The van der Waals surface area contributed by atoms with Gasteiger partial charge in [0.25, 0.3) is 0 Å². The summed E-state index contributed by atoms with van der Waals surface area (Å²) < 4.78 is 0. The monoisotopic (exact) mass is 282 g/mol. The predicted molar refractivity (Wildman–Crippen MR) is 88.7 cm³/mol. The first-order valence-corrected chi connectivity index (χ1v) is 9.07. The molecule has 0 nitrogen and oxygen atoms in total. The maximum absolute atomic E-state index is 5.83. The molecule has 2 rings (SSSR count). The molecular formula is C17H15PS. The lowest BCUT2D eigenvalue weighted by atomic mass is 10.2.